The second-order valence-corrected chi connectivity index (χ2v) is 7.56. The highest BCUT2D eigenvalue weighted by Gasteiger charge is 2.06. The van der Waals surface area contributed by atoms with Crippen LogP contribution in [-0.4, -0.2) is 78.3 Å². The van der Waals surface area contributed by atoms with Gasteiger partial charge in [-0.25, -0.2) is 8.42 Å². The Hall–Kier alpha value is -1.07. The molecule has 0 aromatic heterocycles. The van der Waals surface area contributed by atoms with Crippen molar-refractivity contribution in [2.45, 2.75) is 0 Å². The maximum absolute atomic E-state index is 11.0. The van der Waals surface area contributed by atoms with Crippen molar-refractivity contribution < 1.29 is 17.9 Å². The summed E-state index contributed by atoms with van der Waals surface area (Å²) in [6.45, 7) is 2.42. The number of aliphatic imine (C=N–C) groups is 1. The van der Waals surface area contributed by atoms with Crippen molar-refractivity contribution in [3.05, 3.63) is 30.3 Å². The van der Waals surface area contributed by atoms with Gasteiger partial charge in [0.25, 0.3) is 0 Å². The first-order valence-corrected chi connectivity index (χ1v) is 9.83. The number of para-hydroxylation sites is 1. The minimum Gasteiger partial charge on any atom is -0.492 e. The lowest BCUT2D eigenvalue weighted by molar-refractivity contribution is 0.153. The number of ether oxygens (including phenoxy) is 2. The van der Waals surface area contributed by atoms with E-state index in [2.05, 4.69) is 10.3 Å². The second-order valence-electron chi connectivity index (χ2n) is 5.30. The quantitative estimate of drug-likeness (QED) is 0.233. The van der Waals surface area contributed by atoms with Gasteiger partial charge in [0, 0.05) is 26.9 Å². The molecule has 0 saturated heterocycles. The number of halogens is 1. The van der Waals surface area contributed by atoms with Gasteiger partial charge in [-0.3, -0.25) is 4.99 Å². The monoisotopic (exact) mass is 485 g/mol. The Morgan fingerprint density at radius 3 is 2.48 bits per heavy atom. The summed E-state index contributed by atoms with van der Waals surface area (Å²) >= 11 is 0. The molecule has 0 atom stereocenters. The Labute approximate surface area is 167 Å². The summed E-state index contributed by atoms with van der Waals surface area (Å²) in [4.78, 5) is 6.15. The number of hydrogen-bond acceptors (Lipinski definition) is 5. The largest absolute Gasteiger partial charge is 0.492 e. The van der Waals surface area contributed by atoms with E-state index in [1.54, 1.807) is 7.05 Å². The molecule has 144 valence electrons. The average molecular weight is 485 g/mol. The van der Waals surface area contributed by atoms with E-state index in [-0.39, 0.29) is 36.3 Å². The van der Waals surface area contributed by atoms with E-state index in [1.807, 2.05) is 42.3 Å². The van der Waals surface area contributed by atoms with E-state index in [4.69, 9.17) is 9.47 Å². The lowest BCUT2D eigenvalue weighted by atomic mass is 10.3. The fourth-order valence-corrected chi connectivity index (χ4v) is 2.28. The summed E-state index contributed by atoms with van der Waals surface area (Å²) in [6, 6.07) is 9.65. The average Bonchev–Trinajstić information content (AvgIpc) is 2.54. The number of nitrogens with one attached hydrogen (secondary N) is 1. The SMILES string of the molecule is CN=C(NCCOCCS(C)(=O)=O)N(C)CCOc1ccccc1.I. The second kappa shape index (κ2) is 13.2. The number of rotatable bonds is 10. The fraction of sp³-hybridized carbons (Fsp3) is 0.562. The molecule has 0 aliphatic rings. The molecule has 0 aliphatic carbocycles. The van der Waals surface area contributed by atoms with Crippen molar-refractivity contribution in [2.75, 3.05) is 59.0 Å². The minimum atomic E-state index is -2.97. The van der Waals surface area contributed by atoms with Crippen molar-refractivity contribution in [1.29, 1.82) is 0 Å². The van der Waals surface area contributed by atoms with Crippen molar-refractivity contribution in [3.63, 3.8) is 0 Å². The Bertz CT molecular complexity index is 597. The standard InChI is InChI=1S/C16H27N3O4S.HI/c1-17-16(18-9-11-22-13-14-24(3,20)21)19(2)10-12-23-15-7-5-4-6-8-15;/h4-8H,9-14H2,1-3H3,(H,17,18);1H. The van der Waals surface area contributed by atoms with Gasteiger partial charge in [-0.1, -0.05) is 18.2 Å². The molecule has 0 unspecified atom stereocenters. The highest BCUT2D eigenvalue weighted by molar-refractivity contribution is 14.0. The Morgan fingerprint density at radius 1 is 1.20 bits per heavy atom. The van der Waals surface area contributed by atoms with Crippen LogP contribution in [0.3, 0.4) is 0 Å². The van der Waals surface area contributed by atoms with Gasteiger partial charge < -0.3 is 19.7 Å². The molecule has 0 saturated carbocycles. The third kappa shape index (κ3) is 12.0. The van der Waals surface area contributed by atoms with Crippen LogP contribution >= 0.6 is 24.0 Å². The third-order valence-electron chi connectivity index (χ3n) is 3.14. The molecule has 0 spiro atoms. The van der Waals surface area contributed by atoms with Crippen molar-refractivity contribution in [3.8, 4) is 5.75 Å². The molecule has 0 bridgehead atoms. The van der Waals surface area contributed by atoms with Crippen LogP contribution in [0.25, 0.3) is 0 Å². The van der Waals surface area contributed by atoms with Gasteiger partial charge in [0.1, 0.15) is 22.2 Å². The first-order valence-electron chi connectivity index (χ1n) is 7.77. The molecule has 7 nitrogen and oxygen atoms in total. The Morgan fingerprint density at radius 2 is 1.88 bits per heavy atom. The number of benzene rings is 1. The highest BCUT2D eigenvalue weighted by Crippen LogP contribution is 2.07. The number of nitrogens with zero attached hydrogens (tertiary/aromatic N) is 2. The maximum atomic E-state index is 11.0. The molecule has 0 amide bonds. The summed E-state index contributed by atoms with van der Waals surface area (Å²) in [7, 11) is 0.664. The van der Waals surface area contributed by atoms with E-state index in [0.717, 1.165) is 11.7 Å². The Kier molecular flexibility index (Phi) is 12.6. The first kappa shape index (κ1) is 23.9. The molecular formula is C16H28IN3O4S. The zero-order valence-electron chi connectivity index (χ0n) is 15.0. The van der Waals surface area contributed by atoms with Crippen LogP contribution < -0.4 is 10.1 Å². The molecule has 1 aromatic rings. The van der Waals surface area contributed by atoms with Gasteiger partial charge in [-0.15, -0.1) is 24.0 Å². The molecule has 1 rings (SSSR count). The van der Waals surface area contributed by atoms with Crippen molar-refractivity contribution in [2.24, 2.45) is 4.99 Å². The van der Waals surface area contributed by atoms with Crippen LogP contribution in [0.4, 0.5) is 0 Å². The smallest absolute Gasteiger partial charge is 0.193 e. The molecular weight excluding hydrogens is 457 g/mol. The van der Waals surface area contributed by atoms with Gasteiger partial charge in [0.2, 0.25) is 0 Å². The lowest BCUT2D eigenvalue weighted by Gasteiger charge is -2.22. The number of likely N-dealkylation sites (N-methyl/N-ethyl adjacent to an activating group) is 1. The molecule has 0 radical (unpaired) electrons. The summed E-state index contributed by atoms with van der Waals surface area (Å²) in [5, 5.41) is 3.16. The van der Waals surface area contributed by atoms with E-state index < -0.39 is 9.84 Å². The van der Waals surface area contributed by atoms with E-state index in [9.17, 15) is 8.42 Å². The molecule has 0 heterocycles. The van der Waals surface area contributed by atoms with Gasteiger partial charge in [-0.05, 0) is 12.1 Å². The highest BCUT2D eigenvalue weighted by atomic mass is 127. The van der Waals surface area contributed by atoms with Crippen LogP contribution in [0, 0.1) is 0 Å². The van der Waals surface area contributed by atoms with Crippen LogP contribution in [0.1, 0.15) is 0 Å². The zero-order valence-corrected chi connectivity index (χ0v) is 18.1. The minimum absolute atomic E-state index is 0. The van der Waals surface area contributed by atoms with Crippen molar-refractivity contribution in [1.82, 2.24) is 10.2 Å². The van der Waals surface area contributed by atoms with Gasteiger partial charge in [-0.2, -0.15) is 0 Å². The molecule has 25 heavy (non-hydrogen) atoms. The van der Waals surface area contributed by atoms with Gasteiger partial charge in [0.05, 0.1) is 25.5 Å². The van der Waals surface area contributed by atoms with Crippen molar-refractivity contribution >= 4 is 39.8 Å². The van der Waals surface area contributed by atoms with E-state index >= 15 is 0 Å². The number of guanidine groups is 1. The summed E-state index contributed by atoms with van der Waals surface area (Å²) in [5.74, 6) is 1.62. The fourth-order valence-electron chi connectivity index (χ4n) is 1.86. The van der Waals surface area contributed by atoms with E-state index in [1.165, 1.54) is 6.26 Å². The third-order valence-corrected chi connectivity index (χ3v) is 4.05. The lowest BCUT2D eigenvalue weighted by Crippen LogP contribution is -2.42. The van der Waals surface area contributed by atoms with Gasteiger partial charge in [0.15, 0.2) is 5.96 Å². The molecule has 0 fully saturated rings. The predicted molar refractivity (Wildman–Crippen MR) is 112 cm³/mol. The Balaban J connectivity index is 0.00000576. The normalized spacial score (nSPS) is 11.6. The van der Waals surface area contributed by atoms with Crippen LogP contribution in [-0.2, 0) is 14.6 Å². The van der Waals surface area contributed by atoms with Gasteiger partial charge >= 0.3 is 0 Å². The number of hydrogen-bond donors (Lipinski definition) is 1. The predicted octanol–water partition coefficient (Wildman–Crippen LogP) is 1.25. The summed E-state index contributed by atoms with van der Waals surface area (Å²) < 4.78 is 32.9. The van der Waals surface area contributed by atoms with Crippen LogP contribution in [0.2, 0.25) is 0 Å². The maximum Gasteiger partial charge on any atom is 0.193 e. The molecule has 9 heteroatoms. The molecule has 1 N–H and O–H groups in total. The topological polar surface area (TPSA) is 80.2 Å². The molecule has 0 aliphatic heterocycles. The first-order chi connectivity index (χ1) is 11.4. The van der Waals surface area contributed by atoms with E-state index in [0.29, 0.717) is 26.3 Å². The zero-order chi connectivity index (χ0) is 17.8. The van der Waals surface area contributed by atoms with Crippen LogP contribution in [0.5, 0.6) is 5.75 Å². The number of sulfone groups is 1. The summed E-state index contributed by atoms with van der Waals surface area (Å²) in [6.07, 6.45) is 1.20. The summed E-state index contributed by atoms with van der Waals surface area (Å²) in [5.41, 5.74) is 0. The van der Waals surface area contributed by atoms with Crippen LogP contribution in [0.15, 0.2) is 35.3 Å². The molecule has 1 aromatic carbocycles.